The molecule has 1 amide bonds. The van der Waals surface area contributed by atoms with Crippen LogP contribution in [0.3, 0.4) is 0 Å². The van der Waals surface area contributed by atoms with Gasteiger partial charge in [0.1, 0.15) is 4.88 Å². The number of nitrogens with zero attached hydrogens (tertiary/aromatic N) is 3. The highest BCUT2D eigenvalue weighted by atomic mass is 32.1. The van der Waals surface area contributed by atoms with E-state index in [0.717, 1.165) is 0 Å². The number of nitrogens with one attached hydrogen (secondary N) is 1. The third-order valence-electron chi connectivity index (χ3n) is 2.92. The Bertz CT molecular complexity index is 673. The zero-order valence-electron chi connectivity index (χ0n) is 13.0. The van der Waals surface area contributed by atoms with Crippen molar-refractivity contribution in [3.8, 4) is 10.8 Å². The van der Waals surface area contributed by atoms with Crippen LogP contribution >= 0.6 is 11.3 Å². The number of carbonyl (C=O) groups is 2. The molecule has 7 nitrogen and oxygen atoms in total. The standard InChI is InChI=1S/C15H18N4O3S/c1-3-10-12(14(21)18-9-6-11(20)22-4-2)23-15(19-10)13-16-7-5-8-17-13/h5,7-8H,3-4,6,9H2,1-2H3,(H,18,21). The van der Waals surface area contributed by atoms with E-state index in [1.807, 2.05) is 6.92 Å². The number of ether oxygens (including phenoxy) is 1. The highest BCUT2D eigenvalue weighted by Crippen LogP contribution is 2.25. The van der Waals surface area contributed by atoms with Gasteiger partial charge in [-0.2, -0.15) is 0 Å². The minimum Gasteiger partial charge on any atom is -0.466 e. The van der Waals surface area contributed by atoms with E-state index >= 15 is 0 Å². The Hall–Kier alpha value is -2.35. The van der Waals surface area contributed by atoms with Gasteiger partial charge in [-0.1, -0.05) is 6.92 Å². The molecule has 0 aliphatic carbocycles. The normalized spacial score (nSPS) is 10.3. The van der Waals surface area contributed by atoms with Crippen molar-refractivity contribution in [2.24, 2.45) is 0 Å². The van der Waals surface area contributed by atoms with Crippen LogP contribution in [0.15, 0.2) is 18.5 Å². The van der Waals surface area contributed by atoms with Crippen molar-refractivity contribution in [1.82, 2.24) is 20.3 Å². The average molecular weight is 334 g/mol. The van der Waals surface area contributed by atoms with Crippen LogP contribution in [0.4, 0.5) is 0 Å². The Morgan fingerprint density at radius 1 is 1.26 bits per heavy atom. The number of aryl methyl sites for hydroxylation is 1. The Balaban J connectivity index is 2.05. The molecule has 122 valence electrons. The first kappa shape index (κ1) is 17.0. The SMILES string of the molecule is CCOC(=O)CCNC(=O)c1sc(-c2ncccn2)nc1CC. The molecule has 1 N–H and O–H groups in total. The Labute approximate surface area is 138 Å². The van der Waals surface area contributed by atoms with Gasteiger partial charge in [0.15, 0.2) is 10.8 Å². The van der Waals surface area contributed by atoms with Crippen LogP contribution < -0.4 is 5.32 Å². The van der Waals surface area contributed by atoms with E-state index in [1.165, 1.54) is 11.3 Å². The third kappa shape index (κ3) is 4.56. The van der Waals surface area contributed by atoms with Gasteiger partial charge < -0.3 is 10.1 Å². The summed E-state index contributed by atoms with van der Waals surface area (Å²) in [6, 6.07) is 1.72. The lowest BCUT2D eigenvalue weighted by Crippen LogP contribution is -2.26. The number of amides is 1. The van der Waals surface area contributed by atoms with Gasteiger partial charge in [-0.05, 0) is 19.4 Å². The van der Waals surface area contributed by atoms with Crippen LogP contribution in [0.2, 0.25) is 0 Å². The second-order valence-corrected chi connectivity index (χ2v) is 5.53. The van der Waals surface area contributed by atoms with E-state index in [-0.39, 0.29) is 24.8 Å². The summed E-state index contributed by atoms with van der Waals surface area (Å²) in [7, 11) is 0. The van der Waals surface area contributed by atoms with Gasteiger partial charge >= 0.3 is 5.97 Å². The number of carbonyl (C=O) groups excluding carboxylic acids is 2. The molecule has 8 heteroatoms. The molecule has 0 bridgehead atoms. The summed E-state index contributed by atoms with van der Waals surface area (Å²) in [6.07, 6.45) is 4.04. The van der Waals surface area contributed by atoms with Gasteiger partial charge in [-0.3, -0.25) is 9.59 Å². The molecule has 0 saturated heterocycles. The number of rotatable bonds is 7. The molecule has 0 spiro atoms. The van der Waals surface area contributed by atoms with Crippen molar-refractivity contribution >= 4 is 23.2 Å². The molecule has 2 heterocycles. The lowest BCUT2D eigenvalue weighted by molar-refractivity contribution is -0.142. The molecule has 2 rings (SSSR count). The Morgan fingerprint density at radius 2 is 2.00 bits per heavy atom. The van der Waals surface area contributed by atoms with Crippen molar-refractivity contribution in [1.29, 1.82) is 0 Å². The fraction of sp³-hybridized carbons (Fsp3) is 0.400. The number of aromatic nitrogens is 3. The van der Waals surface area contributed by atoms with Crippen LogP contribution in [0.1, 0.15) is 35.6 Å². The first-order valence-electron chi connectivity index (χ1n) is 7.36. The van der Waals surface area contributed by atoms with Gasteiger partial charge in [0.2, 0.25) is 0 Å². The molecule has 23 heavy (non-hydrogen) atoms. The second kappa shape index (κ2) is 8.33. The van der Waals surface area contributed by atoms with Gasteiger partial charge in [0.25, 0.3) is 5.91 Å². The third-order valence-corrected chi connectivity index (χ3v) is 4.01. The largest absolute Gasteiger partial charge is 0.466 e. The number of hydrogen-bond acceptors (Lipinski definition) is 7. The summed E-state index contributed by atoms with van der Waals surface area (Å²) < 4.78 is 4.82. The van der Waals surface area contributed by atoms with Gasteiger partial charge in [-0.25, -0.2) is 15.0 Å². The minimum absolute atomic E-state index is 0.147. The second-order valence-electron chi connectivity index (χ2n) is 4.53. The smallest absolute Gasteiger partial charge is 0.307 e. The number of hydrogen-bond donors (Lipinski definition) is 1. The zero-order valence-corrected chi connectivity index (χ0v) is 13.9. The number of esters is 1. The molecule has 0 aliphatic heterocycles. The molecule has 2 aromatic rings. The van der Waals surface area contributed by atoms with Crippen molar-refractivity contribution in [3.05, 3.63) is 29.0 Å². The topological polar surface area (TPSA) is 94.1 Å². The maximum Gasteiger partial charge on any atom is 0.307 e. The lowest BCUT2D eigenvalue weighted by atomic mass is 10.3. The van der Waals surface area contributed by atoms with E-state index in [9.17, 15) is 9.59 Å². The van der Waals surface area contributed by atoms with E-state index in [4.69, 9.17) is 4.74 Å². The molecule has 0 atom stereocenters. The molecule has 0 unspecified atom stereocenters. The molecule has 0 aliphatic rings. The number of thiazole rings is 1. The minimum atomic E-state index is -0.328. The predicted molar refractivity (Wildman–Crippen MR) is 86.1 cm³/mol. The molecule has 0 radical (unpaired) electrons. The van der Waals surface area contributed by atoms with Crippen LogP contribution in [-0.4, -0.2) is 40.0 Å². The van der Waals surface area contributed by atoms with Crippen molar-refractivity contribution in [3.63, 3.8) is 0 Å². The Morgan fingerprint density at radius 3 is 2.65 bits per heavy atom. The molecular formula is C15H18N4O3S. The maximum atomic E-state index is 12.3. The molecule has 0 fully saturated rings. The van der Waals surface area contributed by atoms with Gasteiger partial charge in [0.05, 0.1) is 18.7 Å². The van der Waals surface area contributed by atoms with Crippen molar-refractivity contribution < 1.29 is 14.3 Å². The van der Waals surface area contributed by atoms with Crippen LogP contribution in [0.25, 0.3) is 10.8 Å². The summed E-state index contributed by atoms with van der Waals surface area (Å²) in [5.74, 6) is -0.0743. The molecule has 0 aromatic carbocycles. The fourth-order valence-corrected chi connectivity index (χ4v) is 2.88. The highest BCUT2D eigenvalue weighted by molar-refractivity contribution is 7.17. The van der Waals surface area contributed by atoms with Crippen LogP contribution in [0, 0.1) is 0 Å². The van der Waals surface area contributed by atoms with Gasteiger partial charge in [-0.15, -0.1) is 11.3 Å². The summed E-state index contributed by atoms with van der Waals surface area (Å²) in [4.78, 5) is 36.8. The van der Waals surface area contributed by atoms with Gasteiger partial charge in [0, 0.05) is 18.9 Å². The van der Waals surface area contributed by atoms with Crippen molar-refractivity contribution in [2.75, 3.05) is 13.2 Å². The first-order chi connectivity index (χ1) is 11.2. The quantitative estimate of drug-likeness (QED) is 0.777. The monoisotopic (exact) mass is 334 g/mol. The Kier molecular flexibility index (Phi) is 6.16. The molecule has 0 saturated carbocycles. The summed E-state index contributed by atoms with van der Waals surface area (Å²) in [6.45, 7) is 4.24. The summed E-state index contributed by atoms with van der Waals surface area (Å²) in [5, 5.41) is 3.33. The zero-order chi connectivity index (χ0) is 16.7. The summed E-state index contributed by atoms with van der Waals surface area (Å²) >= 11 is 1.25. The summed E-state index contributed by atoms with van der Waals surface area (Å²) in [5.41, 5.74) is 0.700. The average Bonchev–Trinajstić information content (AvgIpc) is 3.00. The maximum absolute atomic E-state index is 12.3. The lowest BCUT2D eigenvalue weighted by Gasteiger charge is -2.04. The van der Waals surface area contributed by atoms with E-state index in [0.29, 0.717) is 34.4 Å². The van der Waals surface area contributed by atoms with E-state index in [1.54, 1.807) is 25.4 Å². The fourth-order valence-electron chi connectivity index (χ4n) is 1.87. The van der Waals surface area contributed by atoms with E-state index < -0.39 is 0 Å². The van der Waals surface area contributed by atoms with Crippen molar-refractivity contribution in [2.45, 2.75) is 26.7 Å². The van der Waals surface area contributed by atoms with Crippen LogP contribution in [-0.2, 0) is 16.0 Å². The predicted octanol–water partition coefficient (Wildman–Crippen LogP) is 1.85. The molecular weight excluding hydrogens is 316 g/mol. The highest BCUT2D eigenvalue weighted by Gasteiger charge is 2.19. The first-order valence-corrected chi connectivity index (χ1v) is 8.18. The molecule has 2 aromatic heterocycles. The van der Waals surface area contributed by atoms with Crippen LogP contribution in [0.5, 0.6) is 0 Å². The van der Waals surface area contributed by atoms with E-state index in [2.05, 4.69) is 20.3 Å².